The van der Waals surface area contributed by atoms with Crippen LogP contribution in [-0.2, 0) is 0 Å². The first-order valence-electron chi connectivity index (χ1n) is 8.76. The van der Waals surface area contributed by atoms with E-state index in [9.17, 15) is 9.59 Å². The smallest absolute Gasteiger partial charge is 0.278 e. The van der Waals surface area contributed by atoms with Crippen molar-refractivity contribution < 1.29 is 9.53 Å². The highest BCUT2D eigenvalue weighted by Crippen LogP contribution is 2.17. The number of benzene rings is 2. The lowest BCUT2D eigenvalue weighted by atomic mass is 10.2. The van der Waals surface area contributed by atoms with Gasteiger partial charge >= 0.3 is 0 Å². The molecule has 0 saturated heterocycles. The molecule has 0 fully saturated rings. The second-order valence-electron chi connectivity index (χ2n) is 6.28. The molecule has 3 aromatic rings. The fraction of sp³-hybridized carbons (Fsp3) is 0.190. The van der Waals surface area contributed by atoms with E-state index in [0.29, 0.717) is 23.0 Å². The summed E-state index contributed by atoms with van der Waals surface area (Å²) in [4.78, 5) is 26.5. The third kappa shape index (κ3) is 4.58. The molecule has 0 bridgehead atoms. The van der Waals surface area contributed by atoms with Crippen LogP contribution in [0.5, 0.6) is 5.75 Å². The fourth-order valence-corrected chi connectivity index (χ4v) is 2.85. The summed E-state index contributed by atoms with van der Waals surface area (Å²) in [5.41, 5.74) is 0.901. The van der Waals surface area contributed by atoms with E-state index in [-0.39, 0.29) is 12.3 Å². The van der Waals surface area contributed by atoms with Gasteiger partial charge in [0.2, 0.25) is 5.43 Å². The molecule has 0 aliphatic carbocycles. The number of likely N-dealkylation sites (N-methyl/N-ethyl adjacent to an activating group) is 1. The summed E-state index contributed by atoms with van der Waals surface area (Å²) in [6, 6.07) is 17.8. The summed E-state index contributed by atoms with van der Waals surface area (Å²) < 4.78 is 7.19. The van der Waals surface area contributed by atoms with Gasteiger partial charge < -0.3 is 9.64 Å². The Morgan fingerprint density at radius 1 is 1.14 bits per heavy atom. The molecule has 0 atom stereocenters. The molecule has 7 heteroatoms. The third-order valence-electron chi connectivity index (χ3n) is 4.15. The fourth-order valence-electron chi connectivity index (χ4n) is 2.67. The second-order valence-corrected chi connectivity index (χ2v) is 6.71. The van der Waals surface area contributed by atoms with Gasteiger partial charge in [0.1, 0.15) is 12.4 Å². The Hall–Kier alpha value is -3.12. The number of aryl methyl sites for hydroxylation is 1. The Morgan fingerprint density at radius 3 is 2.61 bits per heavy atom. The van der Waals surface area contributed by atoms with Gasteiger partial charge in [0.05, 0.1) is 12.2 Å². The van der Waals surface area contributed by atoms with Gasteiger partial charge in [0, 0.05) is 23.8 Å². The Balaban J connectivity index is 1.73. The predicted molar refractivity (Wildman–Crippen MR) is 108 cm³/mol. The van der Waals surface area contributed by atoms with E-state index in [2.05, 4.69) is 5.10 Å². The van der Waals surface area contributed by atoms with Crippen LogP contribution < -0.4 is 10.2 Å². The monoisotopic (exact) mass is 397 g/mol. The van der Waals surface area contributed by atoms with E-state index < -0.39 is 11.3 Å². The molecule has 0 unspecified atom stereocenters. The maximum Gasteiger partial charge on any atom is 0.278 e. The van der Waals surface area contributed by atoms with Crippen LogP contribution in [0.4, 0.5) is 0 Å². The Morgan fingerprint density at radius 2 is 1.89 bits per heavy atom. The van der Waals surface area contributed by atoms with Gasteiger partial charge in [-0.25, -0.2) is 4.68 Å². The van der Waals surface area contributed by atoms with Crippen molar-refractivity contribution in [3.05, 3.63) is 87.3 Å². The number of carbonyl (C=O) groups excluding carboxylic acids is 1. The molecule has 1 aromatic heterocycles. The maximum absolute atomic E-state index is 12.7. The van der Waals surface area contributed by atoms with Crippen LogP contribution >= 0.6 is 11.6 Å². The summed E-state index contributed by atoms with van der Waals surface area (Å²) in [7, 11) is 1.61. The van der Waals surface area contributed by atoms with Crippen LogP contribution in [0.1, 0.15) is 16.2 Å². The van der Waals surface area contributed by atoms with Crippen molar-refractivity contribution in [2.75, 3.05) is 20.2 Å². The molecule has 2 aromatic carbocycles. The summed E-state index contributed by atoms with van der Waals surface area (Å²) in [6.07, 6.45) is 0. The van der Waals surface area contributed by atoms with Gasteiger partial charge in [-0.05, 0) is 37.3 Å². The van der Waals surface area contributed by atoms with Crippen molar-refractivity contribution in [2.24, 2.45) is 0 Å². The highest BCUT2D eigenvalue weighted by molar-refractivity contribution is 6.30. The largest absolute Gasteiger partial charge is 0.492 e. The Bertz CT molecular complexity index is 1030. The van der Waals surface area contributed by atoms with Gasteiger partial charge in [-0.3, -0.25) is 9.59 Å². The van der Waals surface area contributed by atoms with E-state index in [0.717, 1.165) is 5.69 Å². The third-order valence-corrected chi connectivity index (χ3v) is 4.38. The second kappa shape index (κ2) is 8.71. The highest BCUT2D eigenvalue weighted by atomic mass is 35.5. The summed E-state index contributed by atoms with van der Waals surface area (Å²) in [5, 5.41) is 4.87. The number of para-hydroxylation sites is 1. The zero-order chi connectivity index (χ0) is 20.1. The van der Waals surface area contributed by atoms with Crippen molar-refractivity contribution in [3.63, 3.8) is 0 Å². The van der Waals surface area contributed by atoms with Crippen molar-refractivity contribution in [3.8, 4) is 11.4 Å². The molecule has 0 aliphatic heterocycles. The SMILES string of the molecule is Cc1cc(=O)c(C(=O)N(C)CCOc2cccc(Cl)c2)nn1-c1ccccc1. The Labute approximate surface area is 167 Å². The van der Waals surface area contributed by atoms with Crippen LogP contribution in [0.25, 0.3) is 5.69 Å². The molecule has 3 rings (SSSR count). The molecule has 0 aliphatic rings. The number of halogens is 1. The number of amides is 1. The van der Waals surface area contributed by atoms with Crippen LogP contribution in [0.2, 0.25) is 5.02 Å². The van der Waals surface area contributed by atoms with Crippen LogP contribution in [-0.4, -0.2) is 40.8 Å². The minimum absolute atomic E-state index is 0.125. The van der Waals surface area contributed by atoms with Crippen LogP contribution in [0.15, 0.2) is 65.5 Å². The average Bonchev–Trinajstić information content (AvgIpc) is 2.68. The number of hydrogen-bond donors (Lipinski definition) is 0. The summed E-state index contributed by atoms with van der Waals surface area (Å²) in [5.74, 6) is 0.164. The summed E-state index contributed by atoms with van der Waals surface area (Å²) in [6.45, 7) is 2.34. The topological polar surface area (TPSA) is 64.4 Å². The zero-order valence-electron chi connectivity index (χ0n) is 15.6. The molecule has 28 heavy (non-hydrogen) atoms. The molecule has 6 nitrogen and oxygen atoms in total. The molecule has 0 radical (unpaired) electrons. The lowest BCUT2D eigenvalue weighted by Crippen LogP contribution is -2.36. The number of rotatable bonds is 6. The first kappa shape index (κ1) is 19.6. The first-order chi connectivity index (χ1) is 13.5. The van der Waals surface area contributed by atoms with Crippen LogP contribution in [0.3, 0.4) is 0 Å². The first-order valence-corrected chi connectivity index (χ1v) is 9.14. The number of nitrogens with zero attached hydrogens (tertiary/aromatic N) is 3. The van der Waals surface area contributed by atoms with Crippen molar-refractivity contribution >= 4 is 17.5 Å². The van der Waals surface area contributed by atoms with E-state index >= 15 is 0 Å². The molecular formula is C21H20ClN3O3. The van der Waals surface area contributed by atoms with Gasteiger partial charge in [-0.15, -0.1) is 0 Å². The summed E-state index contributed by atoms with van der Waals surface area (Å²) >= 11 is 5.92. The van der Waals surface area contributed by atoms with Crippen LogP contribution in [0, 0.1) is 6.92 Å². The maximum atomic E-state index is 12.7. The lowest BCUT2D eigenvalue weighted by molar-refractivity contribution is 0.0764. The minimum atomic E-state index is -0.454. The molecule has 0 N–H and O–H groups in total. The Kier molecular flexibility index (Phi) is 6.11. The zero-order valence-corrected chi connectivity index (χ0v) is 16.4. The average molecular weight is 398 g/mol. The highest BCUT2D eigenvalue weighted by Gasteiger charge is 2.19. The quantitative estimate of drug-likeness (QED) is 0.640. The van der Waals surface area contributed by atoms with Crippen molar-refractivity contribution in [1.29, 1.82) is 0 Å². The van der Waals surface area contributed by atoms with Gasteiger partial charge in [-0.2, -0.15) is 5.10 Å². The van der Waals surface area contributed by atoms with E-state index in [1.165, 1.54) is 11.0 Å². The molecule has 0 saturated carbocycles. The number of ether oxygens (including phenoxy) is 1. The van der Waals surface area contributed by atoms with E-state index in [4.69, 9.17) is 16.3 Å². The molecule has 0 spiro atoms. The lowest BCUT2D eigenvalue weighted by Gasteiger charge is -2.18. The number of carbonyl (C=O) groups is 1. The molecule has 144 valence electrons. The van der Waals surface area contributed by atoms with E-state index in [1.807, 2.05) is 30.3 Å². The number of hydrogen-bond acceptors (Lipinski definition) is 4. The van der Waals surface area contributed by atoms with Gasteiger partial charge in [0.25, 0.3) is 5.91 Å². The normalized spacial score (nSPS) is 10.5. The van der Waals surface area contributed by atoms with Gasteiger partial charge in [-0.1, -0.05) is 35.9 Å². The molecular weight excluding hydrogens is 378 g/mol. The van der Waals surface area contributed by atoms with Crippen molar-refractivity contribution in [2.45, 2.75) is 6.92 Å². The predicted octanol–water partition coefficient (Wildman–Crippen LogP) is 3.35. The number of aromatic nitrogens is 2. The van der Waals surface area contributed by atoms with Crippen molar-refractivity contribution in [1.82, 2.24) is 14.7 Å². The molecule has 1 amide bonds. The van der Waals surface area contributed by atoms with Gasteiger partial charge in [0.15, 0.2) is 5.69 Å². The van der Waals surface area contributed by atoms with E-state index in [1.54, 1.807) is 42.9 Å². The minimum Gasteiger partial charge on any atom is -0.492 e. The standard InChI is InChI=1S/C21H20ClN3O3/c1-15-13-19(26)20(23-25(15)17-8-4-3-5-9-17)21(27)24(2)11-12-28-18-10-6-7-16(22)14-18/h3-10,13-14H,11-12H2,1-2H3. The molecule has 1 heterocycles.